The average Bonchev–Trinajstić information content (AvgIpc) is 2.55. The smallest absolute Gasteiger partial charge is 0.0617 e. The first-order chi connectivity index (χ1) is 11.0. The molecule has 0 unspecified atom stereocenters. The SMILES string of the molecule is Cc1ccccc1[P+](I)(c1ccccc1C)c1ccccc1C.[Cu]. The van der Waals surface area contributed by atoms with Crippen molar-refractivity contribution in [1.29, 1.82) is 0 Å². The normalized spacial score (nSPS) is 11.0. The quantitative estimate of drug-likeness (QED) is 0.265. The predicted octanol–water partition coefficient (Wildman–Crippen LogP) is 5.25. The van der Waals surface area contributed by atoms with Gasteiger partial charge in [-0.3, -0.25) is 0 Å². The Morgan fingerprint density at radius 1 is 0.542 bits per heavy atom. The van der Waals surface area contributed by atoms with Crippen LogP contribution in [0.2, 0.25) is 0 Å². The van der Waals surface area contributed by atoms with Gasteiger partial charge >= 0.3 is 0 Å². The van der Waals surface area contributed by atoms with E-state index in [0.717, 1.165) is 0 Å². The Bertz CT molecular complexity index is 734. The fourth-order valence-corrected chi connectivity index (χ4v) is 11.3. The van der Waals surface area contributed by atoms with Crippen LogP contribution in [0.5, 0.6) is 0 Å². The Morgan fingerprint density at radius 2 is 0.792 bits per heavy atom. The van der Waals surface area contributed by atoms with Gasteiger partial charge in [0, 0.05) is 17.1 Å². The van der Waals surface area contributed by atoms with Gasteiger partial charge in [0.1, 0.15) is 15.9 Å². The molecule has 1 radical (unpaired) electrons. The van der Waals surface area contributed by atoms with Crippen LogP contribution in [-0.2, 0) is 17.1 Å². The minimum atomic E-state index is -1.67. The molecule has 0 bridgehead atoms. The van der Waals surface area contributed by atoms with E-state index < -0.39 is 4.90 Å². The van der Waals surface area contributed by atoms with E-state index in [-0.39, 0.29) is 17.1 Å². The number of benzene rings is 3. The Labute approximate surface area is 169 Å². The predicted molar refractivity (Wildman–Crippen MR) is 113 cm³/mol. The molecule has 3 aromatic carbocycles. The van der Waals surface area contributed by atoms with Crippen LogP contribution in [0.3, 0.4) is 0 Å². The maximum absolute atomic E-state index is 2.76. The summed E-state index contributed by atoms with van der Waals surface area (Å²) in [7, 11) is 0. The molecule has 0 nitrogen and oxygen atoms in total. The molecule has 0 spiro atoms. The van der Waals surface area contributed by atoms with Gasteiger partial charge in [-0.15, -0.1) is 0 Å². The van der Waals surface area contributed by atoms with Gasteiger partial charge in [-0.05, 0) is 55.7 Å². The van der Waals surface area contributed by atoms with E-state index in [1.165, 1.54) is 32.6 Å². The maximum atomic E-state index is 2.76. The first-order valence-electron chi connectivity index (χ1n) is 7.82. The van der Waals surface area contributed by atoms with Crippen LogP contribution >= 0.6 is 26.9 Å². The van der Waals surface area contributed by atoms with Crippen molar-refractivity contribution in [2.24, 2.45) is 0 Å². The molecule has 0 atom stereocenters. The molecule has 0 aliphatic heterocycles. The van der Waals surface area contributed by atoms with Gasteiger partial charge in [0.2, 0.25) is 0 Å². The van der Waals surface area contributed by atoms with Crippen LogP contribution in [0, 0.1) is 20.8 Å². The molecule has 0 saturated carbocycles. The van der Waals surface area contributed by atoms with Crippen molar-refractivity contribution < 1.29 is 17.1 Å². The molecule has 0 aromatic heterocycles. The molecule has 0 aliphatic carbocycles. The van der Waals surface area contributed by atoms with Crippen molar-refractivity contribution in [3.05, 3.63) is 89.5 Å². The van der Waals surface area contributed by atoms with Crippen LogP contribution in [0.15, 0.2) is 72.8 Å². The fraction of sp³-hybridized carbons (Fsp3) is 0.143. The Kier molecular flexibility index (Phi) is 6.67. The zero-order chi connectivity index (χ0) is 16.4. The van der Waals surface area contributed by atoms with Crippen LogP contribution in [0.4, 0.5) is 0 Å². The van der Waals surface area contributed by atoms with Crippen molar-refractivity contribution >= 4 is 42.9 Å². The molecule has 0 aliphatic rings. The minimum Gasteiger partial charge on any atom is -0.0617 e. The van der Waals surface area contributed by atoms with Gasteiger partial charge in [0.05, 0.1) is 0 Å². The second kappa shape index (κ2) is 8.15. The zero-order valence-corrected chi connectivity index (χ0v) is 18.0. The van der Waals surface area contributed by atoms with E-state index in [2.05, 4.69) is 116 Å². The van der Waals surface area contributed by atoms with E-state index >= 15 is 0 Å². The van der Waals surface area contributed by atoms with Gasteiger partial charge in [0.15, 0.2) is 26.9 Å². The molecular weight excluding hydrogens is 474 g/mol. The Hall–Kier alpha value is -0.661. The number of rotatable bonds is 3. The maximum Gasteiger partial charge on any atom is 0.173 e. The summed E-state index contributed by atoms with van der Waals surface area (Å²) in [6.45, 7) is 6.71. The Balaban J connectivity index is 0.00000208. The summed E-state index contributed by atoms with van der Waals surface area (Å²) < 4.78 is 0. The van der Waals surface area contributed by atoms with Gasteiger partial charge in [-0.2, -0.15) is 0 Å². The third-order valence-electron chi connectivity index (χ3n) is 4.34. The van der Waals surface area contributed by atoms with Crippen molar-refractivity contribution in [1.82, 2.24) is 0 Å². The second-order valence-electron chi connectivity index (χ2n) is 5.95. The Morgan fingerprint density at radius 3 is 1.04 bits per heavy atom. The number of halogens is 1. The summed E-state index contributed by atoms with van der Waals surface area (Å²) >= 11 is 2.76. The van der Waals surface area contributed by atoms with Crippen LogP contribution < -0.4 is 15.9 Å². The van der Waals surface area contributed by atoms with Crippen LogP contribution in [-0.4, -0.2) is 0 Å². The monoisotopic (exact) mass is 494 g/mol. The first-order valence-corrected chi connectivity index (χ1v) is 12.4. The zero-order valence-electron chi connectivity index (χ0n) is 14.1. The van der Waals surface area contributed by atoms with Crippen molar-refractivity contribution in [3.8, 4) is 0 Å². The minimum absolute atomic E-state index is 0. The standard InChI is InChI=1S/C21H21IP.Cu/c1-16-10-4-7-13-19(16)23(22,20-14-8-5-11-17(20)2)21-15-9-6-12-18(21)3;/h4-15H,1-3H3;/q+1;. The van der Waals surface area contributed by atoms with Gasteiger partial charge < -0.3 is 0 Å². The summed E-state index contributed by atoms with van der Waals surface area (Å²) in [5.74, 6) is 0. The van der Waals surface area contributed by atoms with E-state index in [0.29, 0.717) is 0 Å². The molecule has 0 N–H and O–H groups in total. The summed E-state index contributed by atoms with van der Waals surface area (Å²) in [6, 6.07) is 26.6. The third kappa shape index (κ3) is 3.48. The number of hydrogen-bond acceptors (Lipinski definition) is 0. The fourth-order valence-electron chi connectivity index (χ4n) is 3.12. The van der Waals surface area contributed by atoms with Crippen molar-refractivity contribution in [2.45, 2.75) is 20.8 Å². The second-order valence-corrected chi connectivity index (χ2v) is 12.9. The largest absolute Gasteiger partial charge is 0.173 e. The molecule has 3 aromatic rings. The molecule has 0 heterocycles. The number of aryl methyl sites for hydroxylation is 3. The van der Waals surface area contributed by atoms with E-state index in [1.807, 2.05) is 0 Å². The van der Waals surface area contributed by atoms with Gasteiger partial charge in [-0.1, -0.05) is 54.6 Å². The molecule has 3 heteroatoms. The molecule has 0 amide bonds. The summed E-state index contributed by atoms with van der Waals surface area (Å²) in [4.78, 5) is -1.67. The third-order valence-corrected chi connectivity index (χ3v) is 12.5. The average molecular weight is 495 g/mol. The van der Waals surface area contributed by atoms with Gasteiger partial charge in [0.25, 0.3) is 0 Å². The first kappa shape index (κ1) is 19.7. The molecule has 3 rings (SSSR count). The molecular formula is C21H21CuIP+. The van der Waals surface area contributed by atoms with Crippen LogP contribution in [0.1, 0.15) is 16.7 Å². The van der Waals surface area contributed by atoms with Crippen molar-refractivity contribution in [2.75, 3.05) is 0 Å². The van der Waals surface area contributed by atoms with E-state index in [9.17, 15) is 0 Å². The van der Waals surface area contributed by atoms with Gasteiger partial charge in [-0.25, -0.2) is 0 Å². The summed E-state index contributed by atoms with van der Waals surface area (Å²) in [5.41, 5.74) is 4.13. The summed E-state index contributed by atoms with van der Waals surface area (Å²) in [5, 5.41) is 4.43. The molecule has 0 fully saturated rings. The van der Waals surface area contributed by atoms with E-state index in [4.69, 9.17) is 0 Å². The van der Waals surface area contributed by atoms with Crippen LogP contribution in [0.25, 0.3) is 0 Å². The molecule has 127 valence electrons. The molecule has 0 saturated heterocycles. The van der Waals surface area contributed by atoms with Crippen molar-refractivity contribution in [3.63, 3.8) is 0 Å². The summed E-state index contributed by atoms with van der Waals surface area (Å²) in [6.07, 6.45) is 0. The molecule has 24 heavy (non-hydrogen) atoms. The number of hydrogen-bond donors (Lipinski definition) is 0. The topological polar surface area (TPSA) is 0 Å². The van der Waals surface area contributed by atoms with E-state index in [1.54, 1.807) is 0 Å².